The van der Waals surface area contributed by atoms with Crippen LogP contribution in [0.4, 0.5) is 0 Å². The van der Waals surface area contributed by atoms with Crippen molar-refractivity contribution in [3.05, 3.63) is 12.2 Å². The molecule has 0 aromatic carbocycles. The normalized spacial score (nSPS) is 16.2. The predicted molar refractivity (Wildman–Crippen MR) is 48.4 cm³/mol. The summed E-state index contributed by atoms with van der Waals surface area (Å²) in [4.78, 5) is 10.4. The zero-order chi connectivity index (χ0) is 9.56. The summed E-state index contributed by atoms with van der Waals surface area (Å²) in [5.74, 6) is -0.358. The van der Waals surface area contributed by atoms with E-state index >= 15 is 0 Å². The van der Waals surface area contributed by atoms with Gasteiger partial charge in [-0.3, -0.25) is 4.79 Å². The Labute approximate surface area is 73.3 Å². The van der Waals surface area contributed by atoms with Gasteiger partial charge < -0.3 is 10.8 Å². The topological polar surface area (TPSA) is 63.3 Å². The average Bonchev–Trinajstić information content (AvgIpc) is 1.98. The second-order valence-electron chi connectivity index (χ2n) is 3.02. The number of allylic oxidation sites excluding steroid dienone is 2. The Morgan fingerprint density at radius 2 is 2.25 bits per heavy atom. The van der Waals surface area contributed by atoms with Gasteiger partial charge in [-0.1, -0.05) is 19.1 Å². The van der Waals surface area contributed by atoms with Crippen LogP contribution in [-0.4, -0.2) is 17.1 Å². The highest BCUT2D eigenvalue weighted by atomic mass is 16.3. The number of carbonyl (C=O) groups is 1. The number of carbonyl (C=O) groups excluding carboxylic acids is 1. The summed E-state index contributed by atoms with van der Waals surface area (Å²) in [6.45, 7) is 3.82. The maximum Gasteiger partial charge on any atom is 0.220 e. The zero-order valence-corrected chi connectivity index (χ0v) is 7.66. The van der Waals surface area contributed by atoms with Crippen molar-refractivity contribution < 1.29 is 9.90 Å². The van der Waals surface area contributed by atoms with Gasteiger partial charge in [-0.15, -0.1) is 0 Å². The molecule has 0 aromatic rings. The molecule has 0 aromatic heterocycles. The Morgan fingerprint density at radius 1 is 1.67 bits per heavy atom. The number of rotatable bonds is 5. The number of nitrogens with two attached hydrogens (primary N) is 1. The molecule has 0 rings (SSSR count). The maximum absolute atomic E-state index is 10.4. The first kappa shape index (κ1) is 11.2. The minimum Gasteiger partial charge on any atom is -0.392 e. The second kappa shape index (κ2) is 5.77. The molecular weight excluding hydrogens is 154 g/mol. The summed E-state index contributed by atoms with van der Waals surface area (Å²) in [6.07, 6.45) is 4.12. The third-order valence-electron chi connectivity index (χ3n) is 1.81. The largest absolute Gasteiger partial charge is 0.392 e. The monoisotopic (exact) mass is 171 g/mol. The van der Waals surface area contributed by atoms with Crippen LogP contribution in [-0.2, 0) is 4.79 Å². The van der Waals surface area contributed by atoms with E-state index in [-0.39, 0.29) is 12.3 Å². The molecule has 0 fully saturated rings. The summed E-state index contributed by atoms with van der Waals surface area (Å²) in [6, 6.07) is 0. The molecule has 1 amide bonds. The van der Waals surface area contributed by atoms with Crippen molar-refractivity contribution in [2.45, 2.75) is 32.8 Å². The minimum absolute atomic E-state index is 0.0543. The Morgan fingerprint density at radius 3 is 2.67 bits per heavy atom. The molecule has 2 unspecified atom stereocenters. The number of amides is 1. The number of aliphatic hydroxyl groups is 1. The van der Waals surface area contributed by atoms with Gasteiger partial charge in [-0.05, 0) is 19.3 Å². The van der Waals surface area contributed by atoms with Gasteiger partial charge in [-0.25, -0.2) is 0 Å². The van der Waals surface area contributed by atoms with E-state index in [1.165, 1.54) is 0 Å². The van der Waals surface area contributed by atoms with Gasteiger partial charge in [0, 0.05) is 0 Å². The fraction of sp³-hybridized carbons (Fsp3) is 0.667. The number of aliphatic hydroxyl groups excluding tert-OH is 1. The predicted octanol–water partition coefficient (Wildman–Crippen LogP) is 0.825. The first-order chi connectivity index (χ1) is 5.57. The molecule has 2 atom stereocenters. The Kier molecular flexibility index (Phi) is 5.37. The van der Waals surface area contributed by atoms with Gasteiger partial charge in [0.2, 0.25) is 5.91 Å². The van der Waals surface area contributed by atoms with Crippen LogP contribution in [0.5, 0.6) is 0 Å². The summed E-state index contributed by atoms with van der Waals surface area (Å²) in [5, 5.41) is 9.38. The van der Waals surface area contributed by atoms with Crippen LogP contribution >= 0.6 is 0 Å². The highest BCUT2D eigenvalue weighted by Gasteiger charge is 2.14. The van der Waals surface area contributed by atoms with E-state index in [4.69, 9.17) is 5.73 Å². The van der Waals surface area contributed by atoms with Crippen LogP contribution in [0.25, 0.3) is 0 Å². The van der Waals surface area contributed by atoms with Gasteiger partial charge >= 0.3 is 0 Å². The zero-order valence-electron chi connectivity index (χ0n) is 7.66. The van der Waals surface area contributed by atoms with Crippen LogP contribution in [0.15, 0.2) is 12.2 Å². The molecule has 0 radical (unpaired) electrons. The number of hydrogen-bond donors (Lipinski definition) is 2. The number of hydrogen-bond acceptors (Lipinski definition) is 2. The lowest BCUT2D eigenvalue weighted by Crippen LogP contribution is -2.25. The van der Waals surface area contributed by atoms with Crippen LogP contribution in [0.3, 0.4) is 0 Å². The molecular formula is C9H17NO2. The summed E-state index contributed by atoms with van der Waals surface area (Å²) in [7, 11) is 0. The van der Waals surface area contributed by atoms with Crippen LogP contribution in [0, 0.1) is 5.92 Å². The SMILES string of the molecule is C/C=C/CC(C)C(O)CC(N)=O. The highest BCUT2D eigenvalue weighted by molar-refractivity contribution is 5.74. The van der Waals surface area contributed by atoms with Crippen molar-refractivity contribution in [1.82, 2.24) is 0 Å². The van der Waals surface area contributed by atoms with E-state index in [1.54, 1.807) is 0 Å². The molecule has 0 saturated heterocycles. The molecule has 0 bridgehead atoms. The molecule has 0 aliphatic carbocycles. The summed E-state index contributed by atoms with van der Waals surface area (Å²) < 4.78 is 0. The first-order valence-electron chi connectivity index (χ1n) is 4.15. The van der Waals surface area contributed by atoms with E-state index in [1.807, 2.05) is 26.0 Å². The van der Waals surface area contributed by atoms with Crippen LogP contribution in [0.2, 0.25) is 0 Å². The molecule has 0 aliphatic rings. The lowest BCUT2D eigenvalue weighted by Gasteiger charge is -2.15. The summed E-state index contributed by atoms with van der Waals surface area (Å²) >= 11 is 0. The molecule has 12 heavy (non-hydrogen) atoms. The average molecular weight is 171 g/mol. The van der Waals surface area contributed by atoms with Gasteiger partial charge in [0.05, 0.1) is 12.5 Å². The van der Waals surface area contributed by atoms with Crippen LogP contribution in [0.1, 0.15) is 26.7 Å². The third-order valence-corrected chi connectivity index (χ3v) is 1.81. The standard InChI is InChI=1S/C9H17NO2/c1-3-4-5-7(2)8(11)6-9(10)12/h3-4,7-8,11H,5-6H2,1-2H3,(H2,10,12)/b4-3+. The first-order valence-corrected chi connectivity index (χ1v) is 4.15. The Hall–Kier alpha value is -0.830. The van der Waals surface area contributed by atoms with Gasteiger partial charge in [0.25, 0.3) is 0 Å². The Balaban J connectivity index is 3.75. The Bertz CT molecular complexity index is 166. The van der Waals surface area contributed by atoms with Gasteiger partial charge in [0.15, 0.2) is 0 Å². The molecule has 0 heterocycles. The van der Waals surface area contributed by atoms with E-state index in [0.717, 1.165) is 6.42 Å². The van der Waals surface area contributed by atoms with E-state index in [2.05, 4.69) is 0 Å². The lowest BCUT2D eigenvalue weighted by atomic mass is 9.98. The molecule has 0 aliphatic heterocycles. The summed E-state index contributed by atoms with van der Waals surface area (Å²) in [5.41, 5.74) is 4.94. The van der Waals surface area contributed by atoms with Gasteiger partial charge in [-0.2, -0.15) is 0 Å². The molecule has 3 N–H and O–H groups in total. The maximum atomic E-state index is 10.4. The van der Waals surface area contributed by atoms with E-state index in [9.17, 15) is 9.90 Å². The smallest absolute Gasteiger partial charge is 0.220 e. The molecule has 3 nitrogen and oxygen atoms in total. The van der Waals surface area contributed by atoms with Crippen LogP contribution < -0.4 is 5.73 Å². The third kappa shape index (κ3) is 4.91. The lowest BCUT2D eigenvalue weighted by molar-refractivity contribution is -0.120. The van der Waals surface area contributed by atoms with Crippen molar-refractivity contribution in [3.63, 3.8) is 0 Å². The molecule has 70 valence electrons. The van der Waals surface area contributed by atoms with Crippen molar-refractivity contribution in [1.29, 1.82) is 0 Å². The molecule has 0 saturated carbocycles. The van der Waals surface area contributed by atoms with Crippen molar-refractivity contribution in [2.24, 2.45) is 11.7 Å². The van der Waals surface area contributed by atoms with E-state index < -0.39 is 12.0 Å². The minimum atomic E-state index is -0.612. The highest BCUT2D eigenvalue weighted by Crippen LogP contribution is 2.11. The van der Waals surface area contributed by atoms with Gasteiger partial charge in [0.1, 0.15) is 0 Å². The van der Waals surface area contributed by atoms with E-state index in [0.29, 0.717) is 0 Å². The van der Waals surface area contributed by atoms with Crippen molar-refractivity contribution in [2.75, 3.05) is 0 Å². The number of primary amides is 1. The second-order valence-corrected chi connectivity index (χ2v) is 3.02. The quantitative estimate of drug-likeness (QED) is 0.602. The van der Waals surface area contributed by atoms with Crippen molar-refractivity contribution >= 4 is 5.91 Å². The molecule has 3 heteroatoms. The van der Waals surface area contributed by atoms with Crippen molar-refractivity contribution in [3.8, 4) is 0 Å². The molecule has 0 spiro atoms. The fourth-order valence-corrected chi connectivity index (χ4v) is 0.915. The fourth-order valence-electron chi connectivity index (χ4n) is 0.915.